The van der Waals surface area contributed by atoms with Crippen molar-refractivity contribution < 1.29 is 19.1 Å². The molecule has 0 radical (unpaired) electrons. The average molecular weight is 360 g/mol. The molecule has 2 amide bonds. The van der Waals surface area contributed by atoms with Crippen LogP contribution in [0.15, 0.2) is 60.4 Å². The number of ether oxygens (including phenoxy) is 1. The fourth-order valence-electron chi connectivity index (χ4n) is 4.83. The van der Waals surface area contributed by atoms with Gasteiger partial charge in [0, 0.05) is 30.9 Å². The first-order chi connectivity index (χ1) is 13.0. The van der Waals surface area contributed by atoms with E-state index in [2.05, 4.69) is 0 Å². The van der Waals surface area contributed by atoms with Crippen LogP contribution in [0, 0.1) is 0 Å². The highest BCUT2D eigenvalue weighted by Gasteiger charge is 2.76. The van der Waals surface area contributed by atoms with E-state index in [1.165, 1.54) is 16.1 Å². The number of fused-ring (bicyclic) bond motifs is 5. The third kappa shape index (κ3) is 1.44. The van der Waals surface area contributed by atoms with E-state index in [9.17, 15) is 14.4 Å². The van der Waals surface area contributed by atoms with Crippen LogP contribution in [0.1, 0.15) is 11.1 Å². The monoisotopic (exact) mass is 360 g/mol. The van der Waals surface area contributed by atoms with Gasteiger partial charge in [-0.05, 0) is 12.1 Å². The zero-order chi connectivity index (χ0) is 19.0. The molecule has 2 spiro atoms. The number of carbonyl (C=O) groups is 3. The van der Waals surface area contributed by atoms with Gasteiger partial charge in [0.2, 0.25) is 11.5 Å². The molecule has 2 aromatic carbocycles. The van der Waals surface area contributed by atoms with Crippen LogP contribution < -0.4 is 9.80 Å². The van der Waals surface area contributed by atoms with E-state index in [4.69, 9.17) is 4.74 Å². The lowest BCUT2D eigenvalue weighted by Crippen LogP contribution is -2.58. The number of amides is 2. The Kier molecular flexibility index (Phi) is 2.84. The summed E-state index contributed by atoms with van der Waals surface area (Å²) < 4.78 is 6.00. The smallest absolute Gasteiger partial charge is 0.277 e. The molecule has 0 fully saturated rings. The molecular formula is C21H16N2O4. The third-order valence-electron chi connectivity index (χ3n) is 6.00. The van der Waals surface area contributed by atoms with Crippen LogP contribution in [0.2, 0.25) is 0 Å². The van der Waals surface area contributed by atoms with Crippen molar-refractivity contribution in [3.05, 3.63) is 71.5 Å². The van der Waals surface area contributed by atoms with Crippen molar-refractivity contribution >= 4 is 29.5 Å². The molecule has 6 heteroatoms. The number of nitrogens with zero attached hydrogens (tertiary/aromatic N) is 2. The first-order valence-corrected chi connectivity index (χ1v) is 8.60. The molecule has 2 aromatic rings. The first-order valence-electron chi connectivity index (χ1n) is 8.60. The molecule has 2 atom stereocenters. The van der Waals surface area contributed by atoms with Crippen LogP contribution in [0.3, 0.4) is 0 Å². The van der Waals surface area contributed by atoms with Crippen molar-refractivity contribution in [2.75, 3.05) is 23.9 Å². The third-order valence-corrected chi connectivity index (χ3v) is 6.00. The summed E-state index contributed by atoms with van der Waals surface area (Å²) in [5.41, 5.74) is -0.495. The van der Waals surface area contributed by atoms with Gasteiger partial charge >= 0.3 is 0 Å². The van der Waals surface area contributed by atoms with Crippen LogP contribution in [-0.4, -0.2) is 32.2 Å². The van der Waals surface area contributed by atoms with Gasteiger partial charge in [-0.15, -0.1) is 0 Å². The molecule has 0 aliphatic carbocycles. The van der Waals surface area contributed by atoms with Gasteiger partial charge in [-0.25, -0.2) is 0 Å². The van der Waals surface area contributed by atoms with Crippen molar-refractivity contribution in [3.8, 4) is 0 Å². The minimum absolute atomic E-state index is 0.155. The largest absolute Gasteiger partial charge is 0.478 e. The van der Waals surface area contributed by atoms with Gasteiger partial charge in [0.25, 0.3) is 5.91 Å². The van der Waals surface area contributed by atoms with Gasteiger partial charge in [0.15, 0.2) is 11.7 Å². The van der Waals surface area contributed by atoms with Gasteiger partial charge in [-0.3, -0.25) is 14.4 Å². The molecule has 0 aromatic heterocycles. The molecule has 0 saturated carbocycles. The van der Waals surface area contributed by atoms with Crippen LogP contribution in [0.25, 0.3) is 0 Å². The SMILES string of the molecule is CN1C(=O)[C@]2(C(C=O)=CO[C@]23C(=O)N(C)c2ccccc23)c2ccccc21. The second-order valence-corrected chi connectivity index (χ2v) is 7.00. The number of hydrogen-bond acceptors (Lipinski definition) is 4. The van der Waals surface area contributed by atoms with E-state index in [0.29, 0.717) is 28.8 Å². The maximum atomic E-state index is 13.7. The molecule has 3 heterocycles. The van der Waals surface area contributed by atoms with E-state index in [1.807, 2.05) is 24.3 Å². The molecule has 0 unspecified atom stereocenters. The Balaban J connectivity index is 1.94. The molecule has 27 heavy (non-hydrogen) atoms. The number of anilines is 2. The molecule has 3 aliphatic rings. The molecule has 6 nitrogen and oxygen atoms in total. The number of hydrogen-bond donors (Lipinski definition) is 0. The van der Waals surface area contributed by atoms with Crippen molar-refractivity contribution in [1.29, 1.82) is 0 Å². The van der Waals surface area contributed by atoms with E-state index < -0.39 is 11.0 Å². The van der Waals surface area contributed by atoms with Crippen LogP contribution in [0.5, 0.6) is 0 Å². The van der Waals surface area contributed by atoms with Gasteiger partial charge in [0.1, 0.15) is 0 Å². The minimum Gasteiger partial charge on any atom is -0.478 e. The van der Waals surface area contributed by atoms with Crippen molar-refractivity contribution in [2.45, 2.75) is 11.0 Å². The number of aldehydes is 1. The first kappa shape index (κ1) is 15.8. The zero-order valence-corrected chi connectivity index (χ0v) is 14.8. The standard InChI is InChI=1S/C21H16N2O4/c1-22-16-9-5-3-7-14(16)20(18(22)25)13(11-24)12-27-21(20)15-8-4-6-10-17(15)23(2)19(21)26/h3-12H,1-2H3/t20-,21+/m0/s1. The quantitative estimate of drug-likeness (QED) is 0.729. The van der Waals surface area contributed by atoms with Gasteiger partial charge < -0.3 is 14.5 Å². The summed E-state index contributed by atoms with van der Waals surface area (Å²) in [6.45, 7) is 0. The lowest BCUT2D eigenvalue weighted by atomic mass is 9.62. The van der Waals surface area contributed by atoms with E-state index in [1.54, 1.807) is 38.4 Å². The average Bonchev–Trinajstić information content (AvgIpc) is 3.25. The maximum Gasteiger partial charge on any atom is 0.277 e. The molecule has 0 bridgehead atoms. The Labute approximate surface area is 155 Å². The Bertz CT molecular complexity index is 1080. The summed E-state index contributed by atoms with van der Waals surface area (Å²) in [4.78, 5) is 42.2. The summed E-state index contributed by atoms with van der Waals surface area (Å²) in [7, 11) is 3.31. The topological polar surface area (TPSA) is 66.9 Å². The second-order valence-electron chi connectivity index (χ2n) is 7.00. The Morgan fingerprint density at radius 1 is 0.852 bits per heavy atom. The number of carbonyl (C=O) groups excluding carboxylic acids is 3. The molecule has 134 valence electrons. The summed E-state index contributed by atoms with van der Waals surface area (Å²) in [6.07, 6.45) is 1.89. The molecular weight excluding hydrogens is 344 g/mol. The van der Waals surface area contributed by atoms with Gasteiger partial charge in [0.05, 0.1) is 17.5 Å². The lowest BCUT2D eigenvalue weighted by Gasteiger charge is -2.37. The Hall–Kier alpha value is -3.41. The van der Waals surface area contributed by atoms with E-state index in [-0.39, 0.29) is 17.4 Å². The zero-order valence-electron chi connectivity index (χ0n) is 14.8. The van der Waals surface area contributed by atoms with Crippen LogP contribution in [-0.2, 0) is 30.1 Å². The van der Waals surface area contributed by atoms with Crippen molar-refractivity contribution in [3.63, 3.8) is 0 Å². The maximum absolute atomic E-state index is 13.7. The van der Waals surface area contributed by atoms with E-state index >= 15 is 0 Å². The molecule has 5 rings (SSSR count). The Morgan fingerprint density at radius 3 is 2.07 bits per heavy atom. The Morgan fingerprint density at radius 2 is 1.41 bits per heavy atom. The lowest BCUT2D eigenvalue weighted by molar-refractivity contribution is -0.147. The second kappa shape index (κ2) is 4.85. The summed E-state index contributed by atoms with van der Waals surface area (Å²) in [6, 6.07) is 14.5. The highest BCUT2D eigenvalue weighted by Crippen LogP contribution is 2.63. The fourth-order valence-corrected chi connectivity index (χ4v) is 4.83. The summed E-state index contributed by atoms with van der Waals surface area (Å²) >= 11 is 0. The predicted molar refractivity (Wildman–Crippen MR) is 98.3 cm³/mol. The number of para-hydroxylation sites is 2. The minimum atomic E-state index is -1.63. The normalized spacial score (nSPS) is 27.9. The highest BCUT2D eigenvalue weighted by atomic mass is 16.5. The van der Waals surface area contributed by atoms with Gasteiger partial charge in [-0.1, -0.05) is 36.4 Å². The predicted octanol–water partition coefficient (Wildman–Crippen LogP) is 1.89. The fraction of sp³-hybridized carbons (Fsp3) is 0.190. The molecule has 0 N–H and O–H groups in total. The van der Waals surface area contributed by atoms with Crippen LogP contribution in [0.4, 0.5) is 11.4 Å². The van der Waals surface area contributed by atoms with E-state index in [0.717, 1.165) is 0 Å². The molecule has 3 aliphatic heterocycles. The number of rotatable bonds is 1. The molecule has 0 saturated heterocycles. The van der Waals surface area contributed by atoms with Crippen LogP contribution >= 0.6 is 0 Å². The summed E-state index contributed by atoms with van der Waals surface area (Å²) in [5.74, 6) is -0.715. The van der Waals surface area contributed by atoms with Gasteiger partial charge in [-0.2, -0.15) is 0 Å². The highest BCUT2D eigenvalue weighted by molar-refractivity contribution is 6.22. The number of likely N-dealkylation sites (N-methyl/N-ethyl adjacent to an activating group) is 2. The van der Waals surface area contributed by atoms with Crippen molar-refractivity contribution in [1.82, 2.24) is 0 Å². The number of benzene rings is 2. The summed E-state index contributed by atoms with van der Waals surface area (Å²) in [5, 5.41) is 0. The van der Waals surface area contributed by atoms with Crippen molar-refractivity contribution in [2.24, 2.45) is 0 Å².